The van der Waals surface area contributed by atoms with Gasteiger partial charge in [0.25, 0.3) is 10.0 Å². The van der Waals surface area contributed by atoms with Crippen LogP contribution in [-0.2, 0) is 10.0 Å². The van der Waals surface area contributed by atoms with E-state index in [-0.39, 0.29) is 4.90 Å². The van der Waals surface area contributed by atoms with Crippen molar-refractivity contribution in [3.8, 4) is 0 Å². The minimum Gasteiger partial charge on any atom is -0.200 e. The van der Waals surface area contributed by atoms with Crippen LogP contribution in [-0.4, -0.2) is 14.1 Å². The van der Waals surface area contributed by atoms with Gasteiger partial charge in [0.05, 0.1) is 4.90 Å². The highest BCUT2D eigenvalue weighted by atomic mass is 32.2. The maximum atomic E-state index is 12.2. The largest absolute Gasteiger partial charge is 0.276 e. The van der Waals surface area contributed by atoms with Gasteiger partial charge in [-0.2, -0.15) is 13.5 Å². The number of hydrazone groups is 1. The maximum absolute atomic E-state index is 12.2. The quantitative estimate of drug-likeness (QED) is 0.871. The summed E-state index contributed by atoms with van der Waals surface area (Å²) < 4.78 is 24.3. The molecule has 0 radical (unpaired) electrons. The molecule has 5 heteroatoms. The van der Waals surface area contributed by atoms with E-state index < -0.39 is 10.0 Å². The second kappa shape index (κ2) is 5.20. The summed E-state index contributed by atoms with van der Waals surface area (Å²) in [7, 11) is -3.53. The van der Waals surface area contributed by atoms with Crippen molar-refractivity contribution >= 4 is 15.7 Å². The van der Waals surface area contributed by atoms with E-state index in [0.717, 1.165) is 30.0 Å². The van der Waals surface area contributed by atoms with Crippen LogP contribution in [0.4, 0.5) is 0 Å². The number of aryl methyl sites for hydroxylation is 1. The number of benzene rings is 1. The highest BCUT2D eigenvalue weighted by Crippen LogP contribution is 2.46. The van der Waals surface area contributed by atoms with Crippen LogP contribution >= 0.6 is 0 Å². The molecule has 2 saturated carbocycles. The summed E-state index contributed by atoms with van der Waals surface area (Å²) in [4.78, 5) is 2.68. The van der Waals surface area contributed by atoms with Gasteiger partial charge in [0.2, 0.25) is 0 Å². The van der Waals surface area contributed by atoms with Gasteiger partial charge in [-0.25, -0.2) is 4.83 Å². The fourth-order valence-electron chi connectivity index (χ4n) is 2.90. The Kier molecular flexibility index (Phi) is 3.54. The molecule has 1 aromatic carbocycles. The summed E-state index contributed by atoms with van der Waals surface area (Å²) >= 11 is 0. The number of hydrogen-bond donors (Lipinski definition) is 1. The normalized spacial score (nSPS) is 27.8. The Morgan fingerprint density at radius 2 is 1.95 bits per heavy atom. The molecule has 1 N–H and O–H groups in total. The molecule has 4 nitrogen and oxygen atoms in total. The van der Waals surface area contributed by atoms with Crippen LogP contribution in [0, 0.1) is 18.8 Å². The van der Waals surface area contributed by atoms with Crippen molar-refractivity contribution in [2.75, 3.05) is 0 Å². The van der Waals surface area contributed by atoms with Crippen LogP contribution in [0.25, 0.3) is 0 Å². The minimum absolute atomic E-state index is 0.272. The lowest BCUT2D eigenvalue weighted by Gasteiger charge is -2.07. The Morgan fingerprint density at radius 3 is 2.70 bits per heavy atom. The molecule has 0 amide bonds. The fourth-order valence-corrected chi connectivity index (χ4v) is 3.74. The molecule has 1 aromatic rings. The monoisotopic (exact) mass is 292 g/mol. The Balaban J connectivity index is 1.75. The van der Waals surface area contributed by atoms with Crippen LogP contribution in [0.15, 0.2) is 34.3 Å². The molecule has 2 aliphatic rings. The van der Waals surface area contributed by atoms with Crippen molar-refractivity contribution in [1.29, 1.82) is 0 Å². The van der Waals surface area contributed by atoms with Gasteiger partial charge in [-0.05, 0) is 50.7 Å². The zero-order chi connectivity index (χ0) is 14.2. The summed E-state index contributed by atoms with van der Waals surface area (Å²) in [5, 5.41) is 4.22. The standard InChI is InChI=1S/C15H20N2O2S/c1-11-6-8-13(9-7-11)20(18,19)17-16-15-5-3-2-4-12-10-14(12)15/h6-9,12,14,17H,2-5,10H2,1H3/b16-15-/t12-,14+/m0/s1. The van der Waals surface area contributed by atoms with Crippen LogP contribution < -0.4 is 4.83 Å². The topological polar surface area (TPSA) is 58.5 Å². The first-order chi connectivity index (χ1) is 9.56. The summed E-state index contributed by atoms with van der Waals surface area (Å²) in [5.74, 6) is 1.28. The zero-order valence-corrected chi connectivity index (χ0v) is 12.5. The zero-order valence-electron chi connectivity index (χ0n) is 11.7. The highest BCUT2D eigenvalue weighted by Gasteiger charge is 2.41. The molecule has 0 spiro atoms. The predicted molar refractivity (Wildman–Crippen MR) is 79.0 cm³/mol. The molecule has 2 atom stereocenters. The molecule has 0 aliphatic heterocycles. The number of sulfonamides is 1. The Labute approximate surface area is 120 Å². The van der Waals surface area contributed by atoms with Gasteiger partial charge in [0, 0.05) is 11.6 Å². The third-order valence-electron chi connectivity index (χ3n) is 4.25. The SMILES string of the molecule is Cc1ccc(S(=O)(=O)N/N=C2/CCCC[C@H]3C[C@@H]23)cc1. The van der Waals surface area contributed by atoms with E-state index in [1.54, 1.807) is 24.3 Å². The van der Waals surface area contributed by atoms with Gasteiger partial charge in [-0.3, -0.25) is 0 Å². The van der Waals surface area contributed by atoms with Gasteiger partial charge in [0.15, 0.2) is 0 Å². The van der Waals surface area contributed by atoms with Crippen LogP contribution in [0.1, 0.15) is 37.7 Å². The summed E-state index contributed by atoms with van der Waals surface area (Å²) in [6, 6.07) is 6.82. The molecular weight excluding hydrogens is 272 g/mol. The lowest BCUT2D eigenvalue weighted by Crippen LogP contribution is -2.21. The number of rotatable bonds is 3. The average molecular weight is 292 g/mol. The van der Waals surface area contributed by atoms with Gasteiger partial charge in [-0.15, -0.1) is 0 Å². The fraction of sp³-hybridized carbons (Fsp3) is 0.533. The molecule has 0 aromatic heterocycles. The lowest BCUT2D eigenvalue weighted by atomic mass is 10.1. The second-order valence-corrected chi connectivity index (χ2v) is 7.52. The van der Waals surface area contributed by atoms with Crippen molar-refractivity contribution < 1.29 is 8.42 Å². The molecule has 2 fully saturated rings. The van der Waals surface area contributed by atoms with Gasteiger partial charge in [0.1, 0.15) is 0 Å². The van der Waals surface area contributed by atoms with Crippen LogP contribution in [0.3, 0.4) is 0 Å². The third kappa shape index (κ3) is 2.87. The predicted octanol–water partition coefficient (Wildman–Crippen LogP) is 2.84. The Morgan fingerprint density at radius 1 is 1.20 bits per heavy atom. The molecule has 3 rings (SSSR count). The third-order valence-corrected chi connectivity index (χ3v) is 5.47. The van der Waals surface area contributed by atoms with Crippen LogP contribution in [0.5, 0.6) is 0 Å². The Bertz CT molecular complexity index is 620. The molecule has 0 bridgehead atoms. The van der Waals surface area contributed by atoms with Crippen molar-refractivity contribution in [1.82, 2.24) is 4.83 Å². The molecule has 0 saturated heterocycles. The second-order valence-electron chi connectivity index (χ2n) is 5.86. The lowest BCUT2D eigenvalue weighted by molar-refractivity contribution is 0.584. The first-order valence-electron chi connectivity index (χ1n) is 7.21. The van der Waals surface area contributed by atoms with E-state index in [1.165, 1.54) is 19.3 Å². The minimum atomic E-state index is -3.53. The van der Waals surface area contributed by atoms with E-state index in [9.17, 15) is 8.42 Å². The molecule has 108 valence electrons. The van der Waals surface area contributed by atoms with Gasteiger partial charge in [-0.1, -0.05) is 24.1 Å². The van der Waals surface area contributed by atoms with Crippen molar-refractivity contribution in [2.45, 2.75) is 43.9 Å². The van der Waals surface area contributed by atoms with E-state index >= 15 is 0 Å². The highest BCUT2D eigenvalue weighted by molar-refractivity contribution is 7.89. The van der Waals surface area contributed by atoms with E-state index in [1.807, 2.05) is 6.92 Å². The molecular formula is C15H20N2O2S. The summed E-state index contributed by atoms with van der Waals surface area (Å²) in [5.41, 5.74) is 2.09. The molecule has 20 heavy (non-hydrogen) atoms. The summed E-state index contributed by atoms with van der Waals surface area (Å²) in [6.07, 6.45) is 5.75. The van der Waals surface area contributed by atoms with E-state index in [2.05, 4.69) is 9.93 Å². The molecule has 0 unspecified atom stereocenters. The van der Waals surface area contributed by atoms with Crippen LogP contribution in [0.2, 0.25) is 0 Å². The Hall–Kier alpha value is -1.36. The number of fused-ring (bicyclic) bond motifs is 1. The first kappa shape index (κ1) is 13.6. The number of hydrogen-bond acceptors (Lipinski definition) is 3. The smallest absolute Gasteiger partial charge is 0.200 e. The van der Waals surface area contributed by atoms with Crippen molar-refractivity contribution in [3.05, 3.63) is 29.8 Å². The molecule has 0 heterocycles. The van der Waals surface area contributed by atoms with E-state index in [0.29, 0.717) is 5.92 Å². The maximum Gasteiger partial charge on any atom is 0.276 e. The summed E-state index contributed by atoms with van der Waals surface area (Å²) in [6.45, 7) is 1.93. The van der Waals surface area contributed by atoms with Crippen molar-refractivity contribution in [2.24, 2.45) is 16.9 Å². The number of nitrogens with zero attached hydrogens (tertiary/aromatic N) is 1. The van der Waals surface area contributed by atoms with Gasteiger partial charge >= 0.3 is 0 Å². The first-order valence-corrected chi connectivity index (χ1v) is 8.69. The number of nitrogens with one attached hydrogen (secondary N) is 1. The van der Waals surface area contributed by atoms with Gasteiger partial charge < -0.3 is 0 Å². The molecule has 2 aliphatic carbocycles. The average Bonchev–Trinajstić information content (AvgIpc) is 3.17. The van der Waals surface area contributed by atoms with E-state index in [4.69, 9.17) is 0 Å². The van der Waals surface area contributed by atoms with Crippen molar-refractivity contribution in [3.63, 3.8) is 0 Å².